The predicted octanol–water partition coefficient (Wildman–Crippen LogP) is 3.20. The summed E-state index contributed by atoms with van der Waals surface area (Å²) in [6.07, 6.45) is -7.00. The van der Waals surface area contributed by atoms with Crippen molar-refractivity contribution in [3.05, 3.63) is 47.5 Å². The van der Waals surface area contributed by atoms with Crippen molar-refractivity contribution in [2.75, 3.05) is 34.0 Å². The minimum atomic E-state index is -1.49. The lowest BCUT2D eigenvalue weighted by molar-refractivity contribution is -0.288. The first-order chi connectivity index (χ1) is 26.1. The molecular weight excluding hydrogens is 728 g/mol. The van der Waals surface area contributed by atoms with Gasteiger partial charge in [-0.1, -0.05) is 12.1 Å². The number of hydrogen-bond donors (Lipinski definition) is 0. The molecule has 0 aromatic heterocycles. The van der Waals surface area contributed by atoms with E-state index in [-0.39, 0.29) is 35.7 Å². The number of carbonyl (C=O) groups excluding carboxylic acids is 6. The van der Waals surface area contributed by atoms with E-state index in [1.54, 1.807) is 30.3 Å². The van der Waals surface area contributed by atoms with Crippen LogP contribution in [0.2, 0.25) is 0 Å². The van der Waals surface area contributed by atoms with Crippen LogP contribution < -0.4 is 18.9 Å². The van der Waals surface area contributed by atoms with Gasteiger partial charge >= 0.3 is 35.8 Å². The maximum absolute atomic E-state index is 12.3. The van der Waals surface area contributed by atoms with E-state index in [1.807, 2.05) is 6.07 Å². The van der Waals surface area contributed by atoms with Gasteiger partial charge in [0.05, 0.1) is 33.5 Å². The summed E-state index contributed by atoms with van der Waals surface area (Å²) in [5, 5.41) is 0. The van der Waals surface area contributed by atoms with E-state index in [0.717, 1.165) is 26.3 Å². The molecule has 4 rings (SSSR count). The molecule has 0 saturated carbocycles. The quantitative estimate of drug-likeness (QED) is 0.145. The molecule has 2 fully saturated rings. The first kappa shape index (κ1) is 42.3. The van der Waals surface area contributed by atoms with E-state index in [4.69, 9.17) is 52.1 Å². The van der Waals surface area contributed by atoms with Crippen LogP contribution in [-0.2, 0) is 68.3 Å². The van der Waals surface area contributed by atoms with Crippen LogP contribution in [-0.4, -0.2) is 101 Å². The molecule has 2 saturated heterocycles. The van der Waals surface area contributed by atoms with Crippen molar-refractivity contribution in [3.63, 3.8) is 0 Å². The summed E-state index contributed by atoms with van der Waals surface area (Å²) >= 11 is 0. The number of rotatable bonds is 15. The summed E-state index contributed by atoms with van der Waals surface area (Å²) in [5.41, 5.74) is 1.54. The van der Waals surface area contributed by atoms with Gasteiger partial charge < -0.3 is 52.1 Å². The number of ether oxygens (including phenoxy) is 11. The Hall–Kier alpha value is -5.42. The fourth-order valence-corrected chi connectivity index (χ4v) is 6.46. The van der Waals surface area contributed by atoms with Crippen molar-refractivity contribution in [3.8, 4) is 23.0 Å². The van der Waals surface area contributed by atoms with Gasteiger partial charge in [-0.05, 0) is 47.7 Å². The van der Waals surface area contributed by atoms with Crippen LogP contribution in [0.15, 0.2) is 36.4 Å². The summed E-state index contributed by atoms with van der Waals surface area (Å²) in [4.78, 5) is 71.8. The third-order valence-corrected chi connectivity index (χ3v) is 8.65. The molecule has 8 unspecified atom stereocenters. The molecule has 300 valence electrons. The van der Waals surface area contributed by atoms with Gasteiger partial charge in [0.2, 0.25) is 12.4 Å². The van der Waals surface area contributed by atoms with Crippen LogP contribution in [0, 0.1) is 11.8 Å². The van der Waals surface area contributed by atoms with Crippen LogP contribution in [0.5, 0.6) is 23.0 Å². The Balaban J connectivity index is 1.64. The molecule has 0 aliphatic carbocycles. The lowest BCUT2D eigenvalue weighted by atomic mass is 9.84. The van der Waals surface area contributed by atoms with Crippen molar-refractivity contribution >= 4 is 35.8 Å². The van der Waals surface area contributed by atoms with Crippen molar-refractivity contribution in [2.45, 2.75) is 84.8 Å². The maximum Gasteiger partial charge on any atom is 0.308 e. The first-order valence-electron chi connectivity index (χ1n) is 17.3. The monoisotopic (exact) mass is 774 g/mol. The summed E-state index contributed by atoms with van der Waals surface area (Å²) < 4.78 is 62.0. The third kappa shape index (κ3) is 11.5. The Morgan fingerprint density at radius 2 is 1.22 bits per heavy atom. The average Bonchev–Trinajstić information content (AvgIpc) is 3.50. The molecule has 2 heterocycles. The van der Waals surface area contributed by atoms with E-state index in [0.29, 0.717) is 24.3 Å². The normalized spacial score (nSPS) is 24.4. The molecule has 0 N–H and O–H groups in total. The number of esters is 6. The van der Waals surface area contributed by atoms with Crippen LogP contribution in [0.1, 0.15) is 58.8 Å². The second-order valence-corrected chi connectivity index (χ2v) is 12.9. The molecule has 55 heavy (non-hydrogen) atoms. The van der Waals surface area contributed by atoms with Crippen molar-refractivity contribution < 1.29 is 80.9 Å². The lowest BCUT2D eigenvalue weighted by Gasteiger charge is -2.44. The highest BCUT2D eigenvalue weighted by Gasteiger charge is 2.53. The largest absolute Gasteiger partial charge is 0.493 e. The second-order valence-electron chi connectivity index (χ2n) is 12.9. The van der Waals surface area contributed by atoms with Gasteiger partial charge in [-0.2, -0.15) is 0 Å². The van der Waals surface area contributed by atoms with Gasteiger partial charge in [-0.15, -0.1) is 0 Å². The van der Waals surface area contributed by atoms with E-state index in [9.17, 15) is 28.8 Å². The summed E-state index contributed by atoms with van der Waals surface area (Å²) in [6.45, 7) is 7.09. The van der Waals surface area contributed by atoms with Gasteiger partial charge in [-0.3, -0.25) is 28.8 Å². The van der Waals surface area contributed by atoms with Gasteiger partial charge in [0.25, 0.3) is 0 Å². The zero-order chi connectivity index (χ0) is 40.4. The number of carbonyl (C=O) groups is 6. The van der Waals surface area contributed by atoms with Gasteiger partial charge in [0.1, 0.15) is 12.7 Å². The Bertz CT molecular complexity index is 1720. The Kier molecular flexibility index (Phi) is 14.8. The molecular formula is C38H46O17. The van der Waals surface area contributed by atoms with E-state index < -0.39 is 79.2 Å². The molecule has 0 amide bonds. The highest BCUT2D eigenvalue weighted by atomic mass is 16.7. The van der Waals surface area contributed by atoms with Crippen LogP contribution in [0.25, 0.3) is 0 Å². The van der Waals surface area contributed by atoms with Crippen molar-refractivity contribution in [1.29, 1.82) is 0 Å². The smallest absolute Gasteiger partial charge is 0.308 e. The van der Waals surface area contributed by atoms with Crippen LogP contribution in [0.3, 0.4) is 0 Å². The fraction of sp³-hybridized carbons (Fsp3) is 0.526. The Morgan fingerprint density at radius 3 is 1.82 bits per heavy atom. The fourth-order valence-electron chi connectivity index (χ4n) is 6.46. The highest BCUT2D eigenvalue weighted by Crippen LogP contribution is 2.44. The second kappa shape index (κ2) is 19.3. The van der Waals surface area contributed by atoms with E-state index in [1.165, 1.54) is 35.0 Å². The minimum absolute atomic E-state index is 0.0542. The molecule has 0 bridgehead atoms. The third-order valence-electron chi connectivity index (χ3n) is 8.65. The Morgan fingerprint density at radius 1 is 0.636 bits per heavy atom. The highest BCUT2D eigenvalue weighted by molar-refractivity contribution is 5.71. The molecule has 0 spiro atoms. The molecule has 8 atom stereocenters. The molecule has 17 heteroatoms. The number of benzene rings is 2. The summed E-state index contributed by atoms with van der Waals surface area (Å²) in [6, 6.07) is 10.2. The van der Waals surface area contributed by atoms with Crippen LogP contribution in [0.4, 0.5) is 0 Å². The van der Waals surface area contributed by atoms with Gasteiger partial charge in [-0.25, -0.2) is 0 Å². The number of methoxy groups -OCH3 is 2. The Labute approximate surface area is 317 Å². The van der Waals surface area contributed by atoms with E-state index >= 15 is 0 Å². The molecule has 0 radical (unpaired) electrons. The van der Waals surface area contributed by atoms with Crippen molar-refractivity contribution in [2.24, 2.45) is 11.8 Å². The lowest BCUT2D eigenvalue weighted by Crippen LogP contribution is -2.63. The molecule has 2 aromatic carbocycles. The summed E-state index contributed by atoms with van der Waals surface area (Å²) in [7, 11) is 2.88. The van der Waals surface area contributed by atoms with Crippen molar-refractivity contribution in [1.82, 2.24) is 0 Å². The maximum atomic E-state index is 12.3. The zero-order valence-corrected chi connectivity index (χ0v) is 31.9. The molecule has 2 aliphatic rings. The van der Waals surface area contributed by atoms with Gasteiger partial charge in [0, 0.05) is 47.5 Å². The molecule has 17 nitrogen and oxygen atoms in total. The topological polar surface area (TPSA) is 204 Å². The molecule has 2 aromatic rings. The van der Waals surface area contributed by atoms with Gasteiger partial charge in [0.15, 0.2) is 35.2 Å². The van der Waals surface area contributed by atoms with E-state index in [2.05, 4.69) is 0 Å². The zero-order valence-electron chi connectivity index (χ0n) is 31.9. The number of hydrogen-bond acceptors (Lipinski definition) is 17. The standard InChI is InChI=1S/C38H46O17/c1-19(39)47-17-28-27(13-25-9-11-29(50-21(3)41)31(14-25)45-7)16-49-34(28)26-10-12-30(32(15-26)46-8)54-38-37(53-24(6)44)36(52-23(5)43)35(51-22(4)42)33(55-38)18-48-20(2)40/h9-12,14-15,27-28,33-38H,13,16-18H2,1-8H3. The van der Waals surface area contributed by atoms with Crippen LogP contribution >= 0.6 is 0 Å². The average molecular weight is 775 g/mol. The SMILES string of the molecule is COc1cc(CC2COC(c3ccc(OC4OC(COC(C)=O)C(OC(C)=O)C(OC(C)=O)C4OC(C)=O)c(OC)c3)C2COC(C)=O)ccc1OC(C)=O. The minimum Gasteiger partial charge on any atom is -0.493 e. The molecule has 2 aliphatic heterocycles. The predicted molar refractivity (Wildman–Crippen MR) is 186 cm³/mol. The first-order valence-corrected chi connectivity index (χ1v) is 17.3. The summed E-state index contributed by atoms with van der Waals surface area (Å²) in [5.74, 6) is -3.38.